The summed E-state index contributed by atoms with van der Waals surface area (Å²) in [4.78, 5) is 13.8. The Balaban J connectivity index is 2.00. The summed E-state index contributed by atoms with van der Waals surface area (Å²) in [5.41, 5.74) is 0.981. The van der Waals surface area contributed by atoms with Gasteiger partial charge < -0.3 is 10.4 Å². The Hall–Kier alpha value is -1.07. The molecule has 5 heteroatoms. The number of nitrogens with zero attached hydrogens (tertiary/aromatic N) is 1. The van der Waals surface area contributed by atoms with Crippen LogP contribution in [0.4, 0.5) is 5.69 Å². The zero-order valence-corrected chi connectivity index (χ0v) is 13.3. The number of benzene rings is 1. The fourth-order valence-electron chi connectivity index (χ4n) is 2.63. The zero-order valence-electron chi connectivity index (χ0n) is 11.7. The van der Waals surface area contributed by atoms with E-state index in [9.17, 15) is 9.90 Å². The molecule has 0 aliphatic carbocycles. The molecule has 1 aliphatic heterocycles. The van der Waals surface area contributed by atoms with Gasteiger partial charge in [-0.2, -0.15) is 0 Å². The Labute approximate surface area is 128 Å². The number of likely N-dealkylation sites (tertiary alicyclic amines) is 1. The van der Waals surface area contributed by atoms with Crippen LogP contribution in [0.25, 0.3) is 0 Å². The highest BCUT2D eigenvalue weighted by Crippen LogP contribution is 2.25. The van der Waals surface area contributed by atoms with Crippen LogP contribution >= 0.6 is 15.9 Å². The molecular formula is C15H21BrN2O2. The van der Waals surface area contributed by atoms with Crippen molar-refractivity contribution in [3.8, 4) is 0 Å². The molecule has 1 unspecified atom stereocenters. The molecule has 20 heavy (non-hydrogen) atoms. The normalized spacial score (nSPS) is 17.7. The summed E-state index contributed by atoms with van der Waals surface area (Å²) in [5, 5.41) is 12.6. The highest BCUT2D eigenvalue weighted by Gasteiger charge is 2.18. The molecule has 4 nitrogen and oxygen atoms in total. The van der Waals surface area contributed by atoms with Crippen molar-refractivity contribution in [2.75, 3.05) is 25.0 Å². The van der Waals surface area contributed by atoms with Crippen molar-refractivity contribution in [2.45, 2.75) is 32.2 Å². The molecule has 0 amide bonds. The van der Waals surface area contributed by atoms with Gasteiger partial charge in [-0.1, -0.05) is 12.5 Å². The molecule has 1 atom stereocenters. The Morgan fingerprint density at radius 1 is 1.40 bits per heavy atom. The lowest BCUT2D eigenvalue weighted by Crippen LogP contribution is -2.41. The molecule has 1 fully saturated rings. The third-order valence-corrected chi connectivity index (χ3v) is 4.49. The van der Waals surface area contributed by atoms with Gasteiger partial charge in [0.25, 0.3) is 0 Å². The summed E-state index contributed by atoms with van der Waals surface area (Å²) in [6.07, 6.45) is 3.86. The minimum absolute atomic E-state index is 0.304. The first-order chi connectivity index (χ1) is 9.59. The van der Waals surface area contributed by atoms with E-state index in [1.165, 1.54) is 19.3 Å². The van der Waals surface area contributed by atoms with E-state index in [4.69, 9.17) is 0 Å². The highest BCUT2D eigenvalue weighted by atomic mass is 79.9. The number of aromatic carboxylic acids is 1. The van der Waals surface area contributed by atoms with Gasteiger partial charge in [0.2, 0.25) is 0 Å². The van der Waals surface area contributed by atoms with Crippen molar-refractivity contribution in [3.63, 3.8) is 0 Å². The molecule has 1 saturated heterocycles. The quantitative estimate of drug-likeness (QED) is 0.862. The number of anilines is 1. The van der Waals surface area contributed by atoms with Crippen molar-refractivity contribution in [1.29, 1.82) is 0 Å². The molecular weight excluding hydrogens is 320 g/mol. The van der Waals surface area contributed by atoms with Crippen LogP contribution in [0, 0.1) is 0 Å². The molecule has 0 saturated carbocycles. The Morgan fingerprint density at radius 2 is 2.10 bits per heavy atom. The molecule has 0 aromatic heterocycles. The van der Waals surface area contributed by atoms with E-state index in [-0.39, 0.29) is 0 Å². The van der Waals surface area contributed by atoms with Crippen LogP contribution in [-0.2, 0) is 0 Å². The number of piperidine rings is 1. The van der Waals surface area contributed by atoms with Gasteiger partial charge in [-0.15, -0.1) is 0 Å². The molecule has 0 bridgehead atoms. The van der Waals surface area contributed by atoms with E-state index < -0.39 is 5.97 Å². The topological polar surface area (TPSA) is 52.6 Å². The van der Waals surface area contributed by atoms with E-state index in [1.54, 1.807) is 6.07 Å². The van der Waals surface area contributed by atoms with Crippen LogP contribution in [0.15, 0.2) is 22.7 Å². The van der Waals surface area contributed by atoms with Gasteiger partial charge in [0.15, 0.2) is 0 Å². The van der Waals surface area contributed by atoms with E-state index >= 15 is 0 Å². The van der Waals surface area contributed by atoms with Gasteiger partial charge in [0, 0.05) is 22.7 Å². The number of carbonyl (C=O) groups is 1. The first-order valence-electron chi connectivity index (χ1n) is 7.09. The average molecular weight is 341 g/mol. The molecule has 2 rings (SSSR count). The van der Waals surface area contributed by atoms with E-state index in [2.05, 4.69) is 33.1 Å². The zero-order chi connectivity index (χ0) is 14.5. The summed E-state index contributed by atoms with van der Waals surface area (Å²) in [7, 11) is 0. The third kappa shape index (κ3) is 3.73. The van der Waals surface area contributed by atoms with E-state index in [0.29, 0.717) is 21.8 Å². The molecule has 0 radical (unpaired) electrons. The van der Waals surface area contributed by atoms with Crippen molar-refractivity contribution < 1.29 is 9.90 Å². The number of halogens is 1. The number of hydrogen-bond donors (Lipinski definition) is 2. The lowest BCUT2D eigenvalue weighted by molar-refractivity contribution is 0.0697. The van der Waals surface area contributed by atoms with Crippen LogP contribution in [0.2, 0.25) is 0 Å². The van der Waals surface area contributed by atoms with Crippen LogP contribution in [0.3, 0.4) is 0 Å². The SMILES string of the molecule is CC(CNc1cccc(Br)c1C(=O)O)N1CCCCC1. The second-order valence-electron chi connectivity index (χ2n) is 5.29. The smallest absolute Gasteiger partial charge is 0.338 e. The van der Waals surface area contributed by atoms with Crippen LogP contribution in [-0.4, -0.2) is 41.7 Å². The molecule has 1 aliphatic rings. The first kappa shape index (κ1) is 15.3. The maximum Gasteiger partial charge on any atom is 0.338 e. The lowest BCUT2D eigenvalue weighted by Gasteiger charge is -2.32. The lowest BCUT2D eigenvalue weighted by atomic mass is 10.1. The summed E-state index contributed by atoms with van der Waals surface area (Å²) in [6, 6.07) is 5.83. The molecule has 1 aromatic rings. The van der Waals surface area contributed by atoms with Gasteiger partial charge in [-0.05, 0) is 60.9 Å². The van der Waals surface area contributed by atoms with Gasteiger partial charge in [-0.3, -0.25) is 4.90 Å². The third-order valence-electron chi connectivity index (χ3n) is 3.83. The second kappa shape index (κ2) is 7.09. The highest BCUT2D eigenvalue weighted by molar-refractivity contribution is 9.10. The molecule has 2 N–H and O–H groups in total. The summed E-state index contributed by atoms with van der Waals surface area (Å²) < 4.78 is 0.612. The van der Waals surface area contributed by atoms with Crippen molar-refractivity contribution in [3.05, 3.63) is 28.2 Å². The minimum atomic E-state index is -0.911. The van der Waals surface area contributed by atoms with E-state index in [1.807, 2.05) is 12.1 Å². The number of carboxylic acid groups (broad SMARTS) is 1. The number of rotatable bonds is 5. The first-order valence-corrected chi connectivity index (χ1v) is 7.88. The molecule has 0 spiro atoms. The van der Waals surface area contributed by atoms with Crippen LogP contribution < -0.4 is 5.32 Å². The van der Waals surface area contributed by atoms with Crippen LogP contribution in [0.1, 0.15) is 36.5 Å². The monoisotopic (exact) mass is 340 g/mol. The van der Waals surface area contributed by atoms with Crippen molar-refractivity contribution in [1.82, 2.24) is 4.90 Å². The summed E-state index contributed by atoms with van der Waals surface area (Å²) in [6.45, 7) is 5.24. The van der Waals surface area contributed by atoms with Crippen molar-refractivity contribution in [2.24, 2.45) is 0 Å². The fraction of sp³-hybridized carbons (Fsp3) is 0.533. The summed E-state index contributed by atoms with van der Waals surface area (Å²) >= 11 is 3.30. The predicted molar refractivity (Wildman–Crippen MR) is 84.5 cm³/mol. The molecule has 1 aromatic carbocycles. The number of carboxylic acids is 1. The van der Waals surface area contributed by atoms with E-state index in [0.717, 1.165) is 19.6 Å². The van der Waals surface area contributed by atoms with Gasteiger partial charge in [0.1, 0.15) is 0 Å². The summed E-state index contributed by atoms with van der Waals surface area (Å²) in [5.74, 6) is -0.911. The number of nitrogens with one attached hydrogen (secondary N) is 1. The largest absolute Gasteiger partial charge is 0.478 e. The van der Waals surface area contributed by atoms with Gasteiger partial charge in [0.05, 0.1) is 5.56 Å². The Bertz CT molecular complexity index is 473. The maximum atomic E-state index is 11.3. The minimum Gasteiger partial charge on any atom is -0.478 e. The second-order valence-corrected chi connectivity index (χ2v) is 6.15. The molecule has 110 valence electrons. The van der Waals surface area contributed by atoms with Crippen molar-refractivity contribution >= 4 is 27.6 Å². The van der Waals surface area contributed by atoms with Crippen LogP contribution in [0.5, 0.6) is 0 Å². The fourth-order valence-corrected chi connectivity index (χ4v) is 3.17. The Morgan fingerprint density at radius 3 is 2.75 bits per heavy atom. The average Bonchev–Trinajstić information content (AvgIpc) is 2.45. The molecule has 1 heterocycles. The number of hydrogen-bond acceptors (Lipinski definition) is 3. The maximum absolute atomic E-state index is 11.3. The van der Waals surface area contributed by atoms with Gasteiger partial charge in [-0.25, -0.2) is 4.79 Å². The van der Waals surface area contributed by atoms with Gasteiger partial charge >= 0.3 is 5.97 Å². The Kier molecular flexibility index (Phi) is 5.43. The predicted octanol–water partition coefficient (Wildman–Crippen LogP) is 3.43. The standard InChI is InChI=1S/C15H21BrN2O2/c1-11(18-8-3-2-4-9-18)10-17-13-7-5-6-12(16)14(13)15(19)20/h5-7,11,17H,2-4,8-10H2,1H3,(H,19,20).